The minimum atomic E-state index is -0.244. The fourth-order valence-corrected chi connectivity index (χ4v) is 2.55. The Labute approximate surface area is 114 Å². The minimum Gasteiger partial charge on any atom is -0.494 e. The predicted octanol–water partition coefficient (Wildman–Crippen LogP) is 2.44. The molecule has 1 heterocycles. The lowest BCUT2D eigenvalue weighted by Crippen LogP contribution is -2.42. The normalized spacial score (nSPS) is 20.4. The van der Waals surface area contributed by atoms with Gasteiger partial charge in [-0.1, -0.05) is 6.42 Å². The molecule has 1 aliphatic rings. The van der Waals surface area contributed by atoms with Crippen LogP contribution in [0.3, 0.4) is 0 Å². The number of nitrogens with zero attached hydrogens (tertiary/aromatic N) is 1. The molecule has 1 N–H and O–H groups in total. The number of benzene rings is 1. The van der Waals surface area contributed by atoms with E-state index >= 15 is 0 Å². The lowest BCUT2D eigenvalue weighted by atomic mass is 10.0. The maximum atomic E-state index is 12.7. The number of likely N-dealkylation sites (tertiary alicyclic amines) is 1. The molecule has 0 saturated carbocycles. The molecular weight excluding hydrogens is 245 g/mol. The van der Waals surface area contributed by atoms with Gasteiger partial charge < -0.3 is 9.84 Å². The van der Waals surface area contributed by atoms with Crippen molar-refractivity contribution in [1.29, 1.82) is 0 Å². The third-order valence-electron chi connectivity index (χ3n) is 3.63. The van der Waals surface area contributed by atoms with Crippen LogP contribution in [0.4, 0.5) is 4.39 Å². The first kappa shape index (κ1) is 14.3. The van der Waals surface area contributed by atoms with Crippen LogP contribution in [0.1, 0.15) is 25.7 Å². The Bertz CT molecular complexity index is 369. The third-order valence-corrected chi connectivity index (χ3v) is 3.63. The lowest BCUT2D eigenvalue weighted by molar-refractivity contribution is 0.0851. The number of hydrogen-bond donors (Lipinski definition) is 1. The first-order valence-electron chi connectivity index (χ1n) is 7.03. The Morgan fingerprint density at radius 3 is 2.79 bits per heavy atom. The molecule has 0 spiro atoms. The van der Waals surface area contributed by atoms with Crippen molar-refractivity contribution in [2.75, 3.05) is 26.3 Å². The number of rotatable bonds is 6. The Morgan fingerprint density at radius 2 is 2.05 bits per heavy atom. The van der Waals surface area contributed by atoms with Crippen LogP contribution in [0.5, 0.6) is 5.75 Å². The summed E-state index contributed by atoms with van der Waals surface area (Å²) >= 11 is 0. The van der Waals surface area contributed by atoms with Crippen LogP contribution in [0.25, 0.3) is 0 Å². The molecule has 1 saturated heterocycles. The molecule has 4 heteroatoms. The number of halogens is 1. The van der Waals surface area contributed by atoms with Gasteiger partial charge in [0, 0.05) is 12.6 Å². The van der Waals surface area contributed by atoms with Crippen LogP contribution >= 0.6 is 0 Å². The second-order valence-corrected chi connectivity index (χ2v) is 5.02. The first-order chi connectivity index (χ1) is 9.29. The molecule has 0 aromatic heterocycles. The topological polar surface area (TPSA) is 32.7 Å². The van der Waals surface area contributed by atoms with Crippen molar-refractivity contribution in [1.82, 2.24) is 4.90 Å². The fourth-order valence-electron chi connectivity index (χ4n) is 2.55. The molecule has 1 aliphatic heterocycles. The van der Waals surface area contributed by atoms with Crippen LogP contribution in [0.2, 0.25) is 0 Å². The Hall–Kier alpha value is -1.13. The summed E-state index contributed by atoms with van der Waals surface area (Å²) in [5.41, 5.74) is 0. The molecule has 1 atom stereocenters. The average molecular weight is 267 g/mol. The van der Waals surface area contributed by atoms with E-state index in [1.165, 1.54) is 25.0 Å². The lowest BCUT2D eigenvalue weighted by Gasteiger charge is -2.34. The summed E-state index contributed by atoms with van der Waals surface area (Å²) in [5.74, 6) is 0.463. The standard InChI is InChI=1S/C15H22FNO2/c16-13-5-7-15(8-6-13)19-11-3-10-17-9-2-1-4-14(17)12-18/h5-8,14,18H,1-4,9-12H2. The van der Waals surface area contributed by atoms with E-state index in [-0.39, 0.29) is 12.4 Å². The largest absolute Gasteiger partial charge is 0.494 e. The second-order valence-electron chi connectivity index (χ2n) is 5.02. The number of aliphatic hydroxyl groups is 1. The Kier molecular flexibility index (Phi) is 5.61. The highest BCUT2D eigenvalue weighted by Gasteiger charge is 2.20. The van der Waals surface area contributed by atoms with Gasteiger partial charge in [0.05, 0.1) is 13.2 Å². The van der Waals surface area contributed by atoms with Gasteiger partial charge in [0.1, 0.15) is 11.6 Å². The molecule has 0 bridgehead atoms. The molecule has 3 nitrogen and oxygen atoms in total. The van der Waals surface area contributed by atoms with Crippen molar-refractivity contribution in [2.24, 2.45) is 0 Å². The van der Waals surface area contributed by atoms with E-state index in [1.54, 1.807) is 12.1 Å². The third kappa shape index (κ3) is 4.48. The van der Waals surface area contributed by atoms with E-state index in [0.29, 0.717) is 18.4 Å². The van der Waals surface area contributed by atoms with Crippen LogP contribution in [0, 0.1) is 5.82 Å². The van der Waals surface area contributed by atoms with E-state index in [1.807, 2.05) is 0 Å². The Balaban J connectivity index is 1.67. The van der Waals surface area contributed by atoms with Gasteiger partial charge in [-0.25, -0.2) is 4.39 Å². The molecule has 2 rings (SSSR count). The molecule has 19 heavy (non-hydrogen) atoms. The molecule has 1 aromatic carbocycles. The van der Waals surface area contributed by atoms with Crippen molar-refractivity contribution in [3.8, 4) is 5.75 Å². The van der Waals surface area contributed by atoms with Crippen molar-refractivity contribution >= 4 is 0 Å². The fraction of sp³-hybridized carbons (Fsp3) is 0.600. The summed E-state index contributed by atoms with van der Waals surface area (Å²) in [7, 11) is 0. The SMILES string of the molecule is OCC1CCCCN1CCCOc1ccc(F)cc1. The number of ether oxygens (including phenoxy) is 1. The van der Waals surface area contributed by atoms with Crippen LogP contribution in [-0.2, 0) is 0 Å². The summed E-state index contributed by atoms with van der Waals surface area (Å²) in [4.78, 5) is 2.34. The highest BCUT2D eigenvalue weighted by molar-refractivity contribution is 5.21. The smallest absolute Gasteiger partial charge is 0.123 e. The van der Waals surface area contributed by atoms with E-state index in [0.717, 1.165) is 25.9 Å². The van der Waals surface area contributed by atoms with Crippen LogP contribution in [-0.4, -0.2) is 42.4 Å². The quantitative estimate of drug-likeness (QED) is 0.804. The van der Waals surface area contributed by atoms with E-state index in [9.17, 15) is 9.50 Å². The summed E-state index contributed by atoms with van der Waals surface area (Å²) in [6.07, 6.45) is 4.45. The maximum Gasteiger partial charge on any atom is 0.123 e. The zero-order chi connectivity index (χ0) is 13.5. The molecule has 106 valence electrons. The van der Waals surface area contributed by atoms with Gasteiger partial charge >= 0.3 is 0 Å². The first-order valence-corrected chi connectivity index (χ1v) is 7.03. The van der Waals surface area contributed by atoms with Gasteiger partial charge in [0.25, 0.3) is 0 Å². The van der Waals surface area contributed by atoms with E-state index < -0.39 is 0 Å². The molecule has 1 unspecified atom stereocenters. The molecule has 1 fully saturated rings. The zero-order valence-corrected chi connectivity index (χ0v) is 11.2. The number of hydrogen-bond acceptors (Lipinski definition) is 3. The summed E-state index contributed by atoms with van der Waals surface area (Å²) < 4.78 is 18.3. The number of piperidine rings is 1. The summed E-state index contributed by atoms with van der Waals surface area (Å²) in [5, 5.41) is 9.31. The Morgan fingerprint density at radius 1 is 1.26 bits per heavy atom. The van der Waals surface area contributed by atoms with Gasteiger partial charge in [-0.2, -0.15) is 0 Å². The van der Waals surface area contributed by atoms with Gasteiger partial charge in [-0.3, -0.25) is 4.90 Å². The average Bonchev–Trinajstić information content (AvgIpc) is 2.46. The highest BCUT2D eigenvalue weighted by atomic mass is 19.1. The molecule has 1 aromatic rings. The van der Waals surface area contributed by atoms with Crippen LogP contribution < -0.4 is 4.74 Å². The van der Waals surface area contributed by atoms with Gasteiger partial charge in [0.15, 0.2) is 0 Å². The zero-order valence-electron chi connectivity index (χ0n) is 11.2. The van der Waals surface area contributed by atoms with Crippen molar-refractivity contribution < 1.29 is 14.2 Å². The van der Waals surface area contributed by atoms with Gasteiger partial charge in [-0.05, 0) is 50.1 Å². The van der Waals surface area contributed by atoms with Crippen molar-refractivity contribution in [2.45, 2.75) is 31.7 Å². The number of aliphatic hydroxyl groups excluding tert-OH is 1. The van der Waals surface area contributed by atoms with Gasteiger partial charge in [-0.15, -0.1) is 0 Å². The minimum absolute atomic E-state index is 0.244. The van der Waals surface area contributed by atoms with Crippen molar-refractivity contribution in [3.05, 3.63) is 30.1 Å². The molecule has 0 amide bonds. The molecule has 0 radical (unpaired) electrons. The van der Waals surface area contributed by atoms with Crippen molar-refractivity contribution in [3.63, 3.8) is 0 Å². The monoisotopic (exact) mass is 267 g/mol. The second kappa shape index (κ2) is 7.46. The highest BCUT2D eigenvalue weighted by Crippen LogP contribution is 2.17. The van der Waals surface area contributed by atoms with E-state index in [4.69, 9.17) is 4.74 Å². The van der Waals surface area contributed by atoms with E-state index in [2.05, 4.69) is 4.90 Å². The maximum absolute atomic E-state index is 12.7. The van der Waals surface area contributed by atoms with Crippen LogP contribution in [0.15, 0.2) is 24.3 Å². The molecule has 0 aliphatic carbocycles. The van der Waals surface area contributed by atoms with Gasteiger partial charge in [0.2, 0.25) is 0 Å². The predicted molar refractivity (Wildman–Crippen MR) is 72.8 cm³/mol. The summed E-state index contributed by atoms with van der Waals surface area (Å²) in [6.45, 7) is 2.90. The summed E-state index contributed by atoms with van der Waals surface area (Å²) in [6, 6.07) is 6.42. The molecular formula is C15H22FNO2.